The van der Waals surface area contributed by atoms with Crippen molar-refractivity contribution in [2.45, 2.75) is 13.5 Å². The highest BCUT2D eigenvalue weighted by Crippen LogP contribution is 2.14. The van der Waals surface area contributed by atoms with E-state index in [0.29, 0.717) is 0 Å². The number of thiazole rings is 1. The van der Waals surface area contributed by atoms with Crippen LogP contribution in [0.1, 0.15) is 10.6 Å². The second kappa shape index (κ2) is 3.59. The van der Waals surface area contributed by atoms with Gasteiger partial charge >= 0.3 is 0 Å². The van der Waals surface area contributed by atoms with Crippen LogP contribution in [0.5, 0.6) is 0 Å². The number of rotatable bonds is 2. The lowest BCUT2D eigenvalue weighted by atomic mass is 10.4. The Morgan fingerprint density at radius 1 is 1.62 bits per heavy atom. The lowest BCUT2D eigenvalue weighted by Crippen LogP contribution is -1.99. The molecule has 3 nitrogen and oxygen atoms in total. The van der Waals surface area contributed by atoms with Gasteiger partial charge in [0.05, 0.1) is 17.7 Å². The van der Waals surface area contributed by atoms with Gasteiger partial charge in [0.15, 0.2) is 0 Å². The summed E-state index contributed by atoms with van der Waals surface area (Å²) < 4.78 is 2.76. The minimum Gasteiger partial charge on any atom is -0.266 e. The minimum absolute atomic E-state index is 0.808. The van der Waals surface area contributed by atoms with Gasteiger partial charge in [-0.2, -0.15) is 5.10 Å². The van der Waals surface area contributed by atoms with Crippen LogP contribution in [0, 0.1) is 6.92 Å². The number of nitrogens with zero attached hydrogens (tertiary/aromatic N) is 3. The van der Waals surface area contributed by atoms with Crippen LogP contribution in [0.15, 0.2) is 22.4 Å². The van der Waals surface area contributed by atoms with Gasteiger partial charge in [-0.25, -0.2) is 4.98 Å². The van der Waals surface area contributed by atoms with E-state index in [0.717, 1.165) is 16.8 Å². The second-order valence-corrected chi connectivity index (χ2v) is 4.45. The first-order chi connectivity index (χ1) is 6.25. The van der Waals surface area contributed by atoms with E-state index < -0.39 is 0 Å². The van der Waals surface area contributed by atoms with Crippen LogP contribution in [0.25, 0.3) is 0 Å². The van der Waals surface area contributed by atoms with Gasteiger partial charge in [-0.3, -0.25) is 4.68 Å². The van der Waals surface area contributed by atoms with E-state index in [9.17, 15) is 0 Å². The molecule has 2 heterocycles. The Hall–Kier alpha value is -0.680. The highest BCUT2D eigenvalue weighted by molar-refractivity contribution is 9.10. The zero-order valence-corrected chi connectivity index (χ0v) is 9.47. The molecule has 0 aliphatic heterocycles. The molecule has 68 valence electrons. The first-order valence-corrected chi connectivity index (χ1v) is 5.51. The molecular weight excluding hydrogens is 250 g/mol. The monoisotopic (exact) mass is 257 g/mol. The molecule has 0 spiro atoms. The molecule has 0 aliphatic carbocycles. The summed E-state index contributed by atoms with van der Waals surface area (Å²) in [5.41, 5.74) is 2.96. The molecule has 0 atom stereocenters. The Labute approximate surface area is 88.6 Å². The standard InChI is InChI=1S/C8H8BrN3S/c1-6-7(13-5-10-6)4-12-3-2-8(9)11-12/h2-3,5H,4H2,1H3. The van der Waals surface area contributed by atoms with Gasteiger partial charge in [0.25, 0.3) is 0 Å². The van der Waals surface area contributed by atoms with Crippen LogP contribution in [0.2, 0.25) is 0 Å². The van der Waals surface area contributed by atoms with Crippen LogP contribution in [-0.4, -0.2) is 14.8 Å². The number of aryl methyl sites for hydroxylation is 1. The first kappa shape index (κ1) is 8.90. The molecule has 0 aromatic carbocycles. The lowest BCUT2D eigenvalue weighted by molar-refractivity contribution is 0.685. The maximum Gasteiger partial charge on any atom is 0.128 e. The third-order valence-electron chi connectivity index (χ3n) is 1.76. The largest absolute Gasteiger partial charge is 0.266 e. The van der Waals surface area contributed by atoms with Crippen molar-refractivity contribution in [1.29, 1.82) is 0 Å². The van der Waals surface area contributed by atoms with Crippen LogP contribution >= 0.6 is 27.3 Å². The van der Waals surface area contributed by atoms with Crippen molar-refractivity contribution in [3.05, 3.63) is 32.9 Å². The quantitative estimate of drug-likeness (QED) is 0.828. The Balaban J connectivity index is 2.19. The summed E-state index contributed by atoms with van der Waals surface area (Å²) in [6, 6.07) is 1.93. The van der Waals surface area contributed by atoms with Gasteiger partial charge in [-0.1, -0.05) is 0 Å². The van der Waals surface area contributed by atoms with Crippen LogP contribution in [0.4, 0.5) is 0 Å². The fourth-order valence-corrected chi connectivity index (χ4v) is 2.14. The zero-order chi connectivity index (χ0) is 9.26. The van der Waals surface area contributed by atoms with Gasteiger partial charge in [-0.15, -0.1) is 11.3 Å². The molecule has 0 radical (unpaired) electrons. The Bertz CT molecular complexity index is 407. The fraction of sp³-hybridized carbons (Fsp3) is 0.250. The maximum absolute atomic E-state index is 4.24. The van der Waals surface area contributed by atoms with Crippen molar-refractivity contribution in [1.82, 2.24) is 14.8 Å². The second-order valence-electron chi connectivity index (χ2n) is 2.70. The van der Waals surface area contributed by atoms with E-state index in [-0.39, 0.29) is 0 Å². The molecule has 5 heteroatoms. The molecule has 0 aliphatic rings. The zero-order valence-electron chi connectivity index (χ0n) is 7.07. The highest BCUT2D eigenvalue weighted by Gasteiger charge is 2.02. The molecule has 0 fully saturated rings. The van der Waals surface area contributed by atoms with Crippen LogP contribution < -0.4 is 0 Å². The minimum atomic E-state index is 0.808. The Kier molecular flexibility index (Phi) is 2.46. The maximum atomic E-state index is 4.24. The molecule has 0 amide bonds. The van der Waals surface area contributed by atoms with E-state index in [2.05, 4.69) is 26.0 Å². The van der Waals surface area contributed by atoms with Gasteiger partial charge in [0.1, 0.15) is 4.60 Å². The third-order valence-corrected chi connectivity index (χ3v) is 3.10. The number of hydrogen-bond donors (Lipinski definition) is 0. The number of hydrogen-bond acceptors (Lipinski definition) is 3. The molecule has 0 saturated heterocycles. The Morgan fingerprint density at radius 2 is 2.46 bits per heavy atom. The normalized spacial score (nSPS) is 10.6. The molecule has 13 heavy (non-hydrogen) atoms. The summed E-state index contributed by atoms with van der Waals surface area (Å²) in [6.07, 6.45) is 1.95. The molecule has 2 rings (SSSR count). The third kappa shape index (κ3) is 1.97. The highest BCUT2D eigenvalue weighted by atomic mass is 79.9. The van der Waals surface area contributed by atoms with Gasteiger partial charge in [0, 0.05) is 11.1 Å². The van der Waals surface area contributed by atoms with Crippen molar-refractivity contribution >= 4 is 27.3 Å². The number of halogens is 1. The van der Waals surface area contributed by atoms with Crippen molar-refractivity contribution in [3.8, 4) is 0 Å². The average Bonchev–Trinajstić information content (AvgIpc) is 2.64. The summed E-state index contributed by atoms with van der Waals surface area (Å²) in [6.45, 7) is 2.83. The van der Waals surface area contributed by atoms with Gasteiger partial charge in [-0.05, 0) is 28.9 Å². The smallest absolute Gasteiger partial charge is 0.128 e. The molecule has 2 aromatic heterocycles. The summed E-state index contributed by atoms with van der Waals surface area (Å²) in [4.78, 5) is 5.45. The van der Waals surface area contributed by atoms with Crippen molar-refractivity contribution < 1.29 is 0 Å². The van der Waals surface area contributed by atoms with E-state index >= 15 is 0 Å². The van der Waals surface area contributed by atoms with Crippen molar-refractivity contribution in [2.24, 2.45) is 0 Å². The van der Waals surface area contributed by atoms with Crippen LogP contribution in [-0.2, 0) is 6.54 Å². The molecule has 2 aromatic rings. The average molecular weight is 258 g/mol. The molecule has 0 N–H and O–H groups in total. The van der Waals surface area contributed by atoms with Gasteiger partial charge in [0.2, 0.25) is 0 Å². The predicted molar refractivity (Wildman–Crippen MR) is 55.9 cm³/mol. The summed E-state index contributed by atoms with van der Waals surface area (Å²) in [5.74, 6) is 0. The van der Waals surface area contributed by atoms with E-state index in [1.165, 1.54) is 4.88 Å². The first-order valence-electron chi connectivity index (χ1n) is 3.83. The number of aromatic nitrogens is 3. The van der Waals surface area contributed by atoms with Crippen molar-refractivity contribution in [2.75, 3.05) is 0 Å². The summed E-state index contributed by atoms with van der Waals surface area (Å²) in [5, 5.41) is 4.24. The van der Waals surface area contributed by atoms with E-state index in [4.69, 9.17) is 0 Å². The van der Waals surface area contributed by atoms with E-state index in [1.807, 2.05) is 29.4 Å². The van der Waals surface area contributed by atoms with Crippen LogP contribution in [0.3, 0.4) is 0 Å². The Morgan fingerprint density at radius 3 is 3.00 bits per heavy atom. The fourth-order valence-electron chi connectivity index (χ4n) is 1.05. The topological polar surface area (TPSA) is 30.7 Å². The SMILES string of the molecule is Cc1ncsc1Cn1ccc(Br)n1. The molecule has 0 bridgehead atoms. The predicted octanol–water partition coefficient (Wildman–Crippen LogP) is 2.46. The lowest BCUT2D eigenvalue weighted by Gasteiger charge is -1.98. The summed E-state index contributed by atoms with van der Waals surface area (Å²) >= 11 is 4.98. The summed E-state index contributed by atoms with van der Waals surface area (Å²) in [7, 11) is 0. The van der Waals surface area contributed by atoms with Crippen molar-refractivity contribution in [3.63, 3.8) is 0 Å². The van der Waals surface area contributed by atoms with E-state index in [1.54, 1.807) is 11.3 Å². The molecule has 0 unspecified atom stereocenters. The van der Waals surface area contributed by atoms with Gasteiger partial charge < -0.3 is 0 Å². The molecular formula is C8H8BrN3S. The molecule has 0 saturated carbocycles.